The molecule has 2 aliphatic rings. The number of carbonyl (C=O) groups excluding carboxylic acids is 1. The standard InChI is InChI=1S/C24H36N8O4/c1-24(2)35-20-17(11-19(33)29-8-7-14-12-31-16-6-4-3-5-15(14)16)34-18(21(20)36-24)13-32(23(27)28)10-9-30-22(25)26/h3-6,12,17-18,20-21,31H,7-11,13H2,1-2H3,(H3,27,28)(H,29,33)(H4,25,26,30)/t17-,18-,20+,21-/m1/s1. The fraction of sp³-hybridized carbons (Fsp3) is 0.542. The number of guanidine groups is 2. The summed E-state index contributed by atoms with van der Waals surface area (Å²) in [6.07, 6.45) is 1.10. The van der Waals surface area contributed by atoms with E-state index >= 15 is 0 Å². The Kier molecular flexibility index (Phi) is 7.67. The first kappa shape index (κ1) is 25.7. The van der Waals surface area contributed by atoms with Crippen molar-refractivity contribution in [1.29, 1.82) is 5.41 Å². The van der Waals surface area contributed by atoms with Gasteiger partial charge in [-0.2, -0.15) is 0 Å². The van der Waals surface area contributed by atoms with E-state index in [1.807, 2.05) is 38.2 Å². The maximum Gasteiger partial charge on any atom is 0.222 e. The van der Waals surface area contributed by atoms with Gasteiger partial charge in [0.05, 0.1) is 19.1 Å². The second-order valence-corrected chi connectivity index (χ2v) is 9.58. The lowest BCUT2D eigenvalue weighted by atomic mass is 10.0. The van der Waals surface area contributed by atoms with Crippen molar-refractivity contribution >= 4 is 28.7 Å². The van der Waals surface area contributed by atoms with Gasteiger partial charge in [0.25, 0.3) is 0 Å². The molecule has 1 amide bonds. The molecule has 1 aromatic carbocycles. The van der Waals surface area contributed by atoms with E-state index < -0.39 is 30.2 Å². The molecule has 12 heteroatoms. The third-order valence-electron chi connectivity index (χ3n) is 6.43. The second kappa shape index (κ2) is 10.7. The highest BCUT2D eigenvalue weighted by molar-refractivity contribution is 5.83. The van der Waals surface area contributed by atoms with Gasteiger partial charge in [0.1, 0.15) is 18.3 Å². The lowest BCUT2D eigenvalue weighted by Gasteiger charge is -2.28. The number of aliphatic imine (C=N–C) groups is 1. The van der Waals surface area contributed by atoms with Gasteiger partial charge in [-0.05, 0) is 31.9 Å². The Hall–Kier alpha value is -3.35. The van der Waals surface area contributed by atoms with Gasteiger partial charge in [0, 0.05) is 36.7 Å². The summed E-state index contributed by atoms with van der Waals surface area (Å²) in [6.45, 7) is 5.09. The maximum atomic E-state index is 12.8. The molecular weight excluding hydrogens is 464 g/mol. The zero-order valence-electron chi connectivity index (χ0n) is 20.7. The summed E-state index contributed by atoms with van der Waals surface area (Å²) in [6, 6.07) is 8.08. The molecule has 196 valence electrons. The van der Waals surface area contributed by atoms with Crippen LogP contribution in [0.3, 0.4) is 0 Å². The van der Waals surface area contributed by atoms with Gasteiger partial charge in [-0.25, -0.2) is 0 Å². The van der Waals surface area contributed by atoms with Crippen molar-refractivity contribution in [3.63, 3.8) is 0 Å². The monoisotopic (exact) mass is 500 g/mol. The number of hydrogen-bond donors (Lipinski definition) is 6. The Morgan fingerprint density at radius 3 is 2.64 bits per heavy atom. The fourth-order valence-corrected chi connectivity index (χ4v) is 4.84. The second-order valence-electron chi connectivity index (χ2n) is 9.58. The molecule has 2 fully saturated rings. The molecule has 36 heavy (non-hydrogen) atoms. The molecule has 4 rings (SSSR count). The third-order valence-corrected chi connectivity index (χ3v) is 6.43. The number of carbonyl (C=O) groups is 1. The highest BCUT2D eigenvalue weighted by Crippen LogP contribution is 2.40. The van der Waals surface area contributed by atoms with E-state index in [0.29, 0.717) is 19.5 Å². The summed E-state index contributed by atoms with van der Waals surface area (Å²) < 4.78 is 18.4. The minimum absolute atomic E-state index is 0.0271. The molecule has 9 N–H and O–H groups in total. The molecular formula is C24H36N8O4. The largest absolute Gasteiger partial charge is 0.370 e. The number of aromatic amines is 1. The quantitative estimate of drug-likeness (QED) is 0.194. The number of H-pyrrole nitrogens is 1. The minimum atomic E-state index is -0.805. The lowest BCUT2D eigenvalue weighted by molar-refractivity contribution is -0.188. The summed E-state index contributed by atoms with van der Waals surface area (Å²) in [5.74, 6) is -1.08. The smallest absolute Gasteiger partial charge is 0.222 e. The fourth-order valence-electron chi connectivity index (χ4n) is 4.84. The van der Waals surface area contributed by atoms with Crippen molar-refractivity contribution in [2.24, 2.45) is 22.2 Å². The summed E-state index contributed by atoms with van der Waals surface area (Å²) in [5, 5.41) is 12.1. The molecule has 2 saturated heterocycles. The van der Waals surface area contributed by atoms with Crippen LogP contribution in [0.4, 0.5) is 0 Å². The van der Waals surface area contributed by atoms with E-state index in [1.54, 1.807) is 4.90 Å². The van der Waals surface area contributed by atoms with Gasteiger partial charge in [0.2, 0.25) is 5.91 Å². The van der Waals surface area contributed by atoms with Gasteiger partial charge >= 0.3 is 0 Å². The number of hydrogen-bond acceptors (Lipinski definition) is 6. The molecule has 4 atom stereocenters. The van der Waals surface area contributed by atoms with Crippen LogP contribution in [-0.4, -0.2) is 84.1 Å². The first-order valence-electron chi connectivity index (χ1n) is 12.1. The van der Waals surface area contributed by atoms with Crippen LogP contribution in [-0.2, 0) is 25.4 Å². The van der Waals surface area contributed by atoms with Crippen LogP contribution >= 0.6 is 0 Å². The highest BCUT2D eigenvalue weighted by Gasteiger charge is 2.55. The normalized spacial score (nSPS) is 24.4. The third kappa shape index (κ3) is 6.07. The molecule has 0 spiro atoms. The summed E-state index contributed by atoms with van der Waals surface area (Å²) in [7, 11) is 0. The Labute approximate surface area is 210 Å². The van der Waals surface area contributed by atoms with Gasteiger partial charge in [-0.3, -0.25) is 15.2 Å². The minimum Gasteiger partial charge on any atom is -0.370 e. The van der Waals surface area contributed by atoms with E-state index in [-0.39, 0.29) is 37.3 Å². The molecule has 0 radical (unpaired) electrons. The Morgan fingerprint density at radius 1 is 1.19 bits per heavy atom. The SMILES string of the molecule is CC1(C)O[C@@H]2[C@H](O1)[C@@H](CN(CCN=C(N)N)C(=N)N)O[C@@H]2CC(=O)NCCc1c[nH]c2ccccc12. The number of nitrogens with one attached hydrogen (secondary N) is 3. The van der Waals surface area contributed by atoms with Crippen LogP contribution in [0.25, 0.3) is 10.9 Å². The van der Waals surface area contributed by atoms with Crippen LogP contribution in [0.2, 0.25) is 0 Å². The van der Waals surface area contributed by atoms with Gasteiger partial charge in [0.15, 0.2) is 17.7 Å². The summed E-state index contributed by atoms with van der Waals surface area (Å²) in [4.78, 5) is 21.6. The summed E-state index contributed by atoms with van der Waals surface area (Å²) >= 11 is 0. The molecule has 12 nitrogen and oxygen atoms in total. The Bertz CT molecular complexity index is 1110. The molecule has 3 heterocycles. The number of nitrogens with zero attached hydrogens (tertiary/aromatic N) is 2. The van der Waals surface area contributed by atoms with E-state index in [9.17, 15) is 4.79 Å². The molecule has 0 bridgehead atoms. The Morgan fingerprint density at radius 2 is 1.92 bits per heavy atom. The van der Waals surface area contributed by atoms with Crippen LogP contribution < -0.4 is 22.5 Å². The highest BCUT2D eigenvalue weighted by atomic mass is 16.8. The van der Waals surface area contributed by atoms with E-state index in [2.05, 4.69) is 21.4 Å². The number of benzene rings is 1. The van der Waals surface area contributed by atoms with Crippen molar-refractivity contribution in [3.8, 4) is 0 Å². The first-order valence-corrected chi connectivity index (χ1v) is 12.1. The van der Waals surface area contributed by atoms with Gasteiger partial charge in [-0.15, -0.1) is 0 Å². The first-order chi connectivity index (χ1) is 17.1. The lowest BCUT2D eigenvalue weighted by Crippen LogP contribution is -2.46. The van der Waals surface area contributed by atoms with Crippen LogP contribution in [0.1, 0.15) is 25.8 Å². The zero-order chi connectivity index (χ0) is 25.9. The van der Waals surface area contributed by atoms with Crippen LogP contribution in [0, 0.1) is 5.41 Å². The number of amides is 1. The molecule has 2 aromatic rings. The number of ether oxygens (including phenoxy) is 3. The number of aromatic nitrogens is 1. The average molecular weight is 501 g/mol. The van der Waals surface area contributed by atoms with Gasteiger partial charge < -0.3 is 46.6 Å². The molecule has 1 aromatic heterocycles. The molecule has 2 aliphatic heterocycles. The van der Waals surface area contributed by atoms with Crippen molar-refractivity contribution in [2.75, 3.05) is 26.2 Å². The Balaban J connectivity index is 1.34. The topological polar surface area (TPSA) is 190 Å². The number of rotatable bonds is 10. The van der Waals surface area contributed by atoms with Crippen molar-refractivity contribution < 1.29 is 19.0 Å². The predicted molar refractivity (Wildman–Crippen MR) is 136 cm³/mol. The predicted octanol–water partition coefficient (Wildman–Crippen LogP) is -0.0269. The van der Waals surface area contributed by atoms with E-state index in [1.165, 1.54) is 0 Å². The number of nitrogens with two attached hydrogens (primary N) is 3. The van der Waals surface area contributed by atoms with Gasteiger partial charge in [-0.1, -0.05) is 18.2 Å². The molecule has 0 unspecified atom stereocenters. The number of fused-ring (bicyclic) bond motifs is 2. The van der Waals surface area contributed by atoms with E-state index in [0.717, 1.165) is 16.5 Å². The van der Waals surface area contributed by atoms with Crippen molar-refractivity contribution in [1.82, 2.24) is 15.2 Å². The van der Waals surface area contributed by atoms with Crippen molar-refractivity contribution in [3.05, 3.63) is 36.0 Å². The van der Waals surface area contributed by atoms with Crippen LogP contribution in [0.5, 0.6) is 0 Å². The van der Waals surface area contributed by atoms with Crippen molar-refractivity contribution in [2.45, 2.75) is 56.9 Å². The molecule has 0 saturated carbocycles. The number of para-hydroxylation sites is 1. The maximum absolute atomic E-state index is 12.8. The molecule has 0 aliphatic carbocycles. The van der Waals surface area contributed by atoms with E-state index in [4.69, 9.17) is 36.8 Å². The summed E-state index contributed by atoms with van der Waals surface area (Å²) in [5.41, 5.74) is 18.8. The zero-order valence-corrected chi connectivity index (χ0v) is 20.7. The average Bonchev–Trinajstić information content (AvgIpc) is 3.45. The van der Waals surface area contributed by atoms with Crippen LogP contribution in [0.15, 0.2) is 35.5 Å².